The average molecular weight is 468 g/mol. The Morgan fingerprint density at radius 1 is 0.882 bits per heavy atom. The number of anilines is 2. The van der Waals surface area contributed by atoms with Gasteiger partial charge in [-0.25, -0.2) is 9.88 Å². The van der Waals surface area contributed by atoms with Crippen LogP contribution in [-0.2, 0) is 0 Å². The van der Waals surface area contributed by atoms with E-state index in [0.29, 0.717) is 22.5 Å². The summed E-state index contributed by atoms with van der Waals surface area (Å²) in [4.78, 5) is 44.6. The first kappa shape index (κ1) is 21.7. The maximum Gasteiger partial charge on any atom is 0.266 e. The molecule has 168 valence electrons. The molecular weight excluding hydrogens is 446 g/mol. The second kappa shape index (κ2) is 8.35. The van der Waals surface area contributed by atoms with E-state index in [0.717, 1.165) is 27.4 Å². The zero-order valence-corrected chi connectivity index (χ0v) is 19.7. The highest BCUT2D eigenvalue weighted by atomic mass is 32.1. The summed E-state index contributed by atoms with van der Waals surface area (Å²) in [5.74, 6) is -1.17. The molecule has 4 aromatic rings. The molecule has 0 saturated heterocycles. The van der Waals surface area contributed by atoms with Crippen molar-refractivity contribution in [2.75, 3.05) is 10.2 Å². The molecule has 3 amide bonds. The molecule has 3 aromatic carbocycles. The van der Waals surface area contributed by atoms with E-state index in [9.17, 15) is 14.4 Å². The highest BCUT2D eigenvalue weighted by molar-refractivity contribution is 7.09. The van der Waals surface area contributed by atoms with E-state index in [4.69, 9.17) is 0 Å². The summed E-state index contributed by atoms with van der Waals surface area (Å²) >= 11 is 1.59. The van der Waals surface area contributed by atoms with Crippen LogP contribution >= 0.6 is 11.3 Å². The molecule has 0 aliphatic carbocycles. The van der Waals surface area contributed by atoms with E-state index in [1.165, 1.54) is 11.0 Å². The summed E-state index contributed by atoms with van der Waals surface area (Å²) in [7, 11) is 0. The fraction of sp³-hybridized carbons (Fsp3) is 0.111. The Balaban J connectivity index is 1.37. The minimum atomic E-state index is -0.426. The van der Waals surface area contributed by atoms with Gasteiger partial charge in [-0.3, -0.25) is 14.4 Å². The molecule has 0 radical (unpaired) electrons. The van der Waals surface area contributed by atoms with Crippen LogP contribution in [0.25, 0.3) is 11.3 Å². The maximum atomic E-state index is 13.1. The van der Waals surface area contributed by atoms with Gasteiger partial charge < -0.3 is 5.32 Å². The third-order valence-corrected chi connectivity index (χ3v) is 6.57. The van der Waals surface area contributed by atoms with Gasteiger partial charge in [-0.05, 0) is 62.7 Å². The predicted octanol–water partition coefficient (Wildman–Crippen LogP) is 5.79. The maximum absolute atomic E-state index is 13.1. The van der Waals surface area contributed by atoms with Gasteiger partial charge in [0.05, 0.1) is 27.5 Å². The Morgan fingerprint density at radius 2 is 1.62 bits per heavy atom. The van der Waals surface area contributed by atoms with Crippen LogP contribution < -0.4 is 10.2 Å². The second-order valence-electron chi connectivity index (χ2n) is 8.28. The monoisotopic (exact) mass is 467 g/mol. The summed E-state index contributed by atoms with van der Waals surface area (Å²) < 4.78 is 0. The van der Waals surface area contributed by atoms with Crippen LogP contribution in [0, 0.1) is 20.8 Å². The first-order valence-corrected chi connectivity index (χ1v) is 11.6. The molecule has 2 heterocycles. The Kier molecular flexibility index (Phi) is 5.34. The van der Waals surface area contributed by atoms with Crippen LogP contribution in [0.15, 0.2) is 66.0 Å². The van der Waals surface area contributed by atoms with Gasteiger partial charge in [0.15, 0.2) is 0 Å². The van der Waals surface area contributed by atoms with Gasteiger partial charge in [-0.1, -0.05) is 29.8 Å². The number of benzene rings is 3. The standard InChI is InChI=1S/C27H21N3O3S/c1-15-4-11-24(16(2)12-15)30-26(32)21-10-7-19(13-22(21)27(30)33)25(31)29-20-8-5-18(6-9-20)23-14-34-17(3)28-23/h4-14H,1-3H3,(H,29,31). The third-order valence-electron chi connectivity index (χ3n) is 5.80. The number of fused-ring (bicyclic) bond motifs is 1. The van der Waals surface area contributed by atoms with Crippen molar-refractivity contribution in [1.82, 2.24) is 4.98 Å². The lowest BCUT2D eigenvalue weighted by Gasteiger charge is -2.16. The second-order valence-corrected chi connectivity index (χ2v) is 9.34. The van der Waals surface area contributed by atoms with Crippen molar-refractivity contribution in [3.63, 3.8) is 0 Å². The number of imide groups is 1. The normalized spacial score (nSPS) is 12.7. The number of nitrogens with zero attached hydrogens (tertiary/aromatic N) is 2. The van der Waals surface area contributed by atoms with Crippen molar-refractivity contribution in [3.8, 4) is 11.3 Å². The molecule has 0 spiro atoms. The average Bonchev–Trinajstić information content (AvgIpc) is 3.36. The number of amides is 3. The highest BCUT2D eigenvalue weighted by Gasteiger charge is 2.37. The minimum absolute atomic E-state index is 0.229. The fourth-order valence-electron chi connectivity index (χ4n) is 4.08. The number of hydrogen-bond acceptors (Lipinski definition) is 5. The van der Waals surface area contributed by atoms with Gasteiger partial charge in [0.2, 0.25) is 0 Å². The zero-order chi connectivity index (χ0) is 24.0. The summed E-state index contributed by atoms with van der Waals surface area (Å²) in [5.41, 5.74) is 5.76. The van der Waals surface area contributed by atoms with Gasteiger partial charge in [-0.2, -0.15) is 0 Å². The summed E-state index contributed by atoms with van der Waals surface area (Å²) in [6.07, 6.45) is 0. The molecule has 0 fully saturated rings. The van der Waals surface area contributed by atoms with Crippen molar-refractivity contribution in [2.45, 2.75) is 20.8 Å². The molecule has 6 nitrogen and oxygen atoms in total. The number of aryl methyl sites for hydroxylation is 3. The molecule has 7 heteroatoms. The molecule has 1 aromatic heterocycles. The number of rotatable bonds is 4. The van der Waals surface area contributed by atoms with Crippen LogP contribution in [0.5, 0.6) is 0 Å². The lowest BCUT2D eigenvalue weighted by atomic mass is 10.1. The number of carbonyl (C=O) groups is 3. The molecule has 0 saturated carbocycles. The Hall–Kier alpha value is -4.10. The molecule has 1 aliphatic heterocycles. The predicted molar refractivity (Wildman–Crippen MR) is 134 cm³/mol. The number of nitrogens with one attached hydrogen (secondary N) is 1. The van der Waals surface area contributed by atoms with Gasteiger partial charge in [0, 0.05) is 22.2 Å². The van der Waals surface area contributed by atoms with Gasteiger partial charge in [0.25, 0.3) is 17.7 Å². The SMILES string of the molecule is Cc1ccc(N2C(=O)c3ccc(C(=O)Nc4ccc(-c5csc(C)n5)cc4)cc3C2=O)c(C)c1. The van der Waals surface area contributed by atoms with Crippen molar-refractivity contribution in [2.24, 2.45) is 0 Å². The lowest BCUT2D eigenvalue weighted by Crippen LogP contribution is -2.30. The van der Waals surface area contributed by atoms with Crippen LogP contribution in [-0.4, -0.2) is 22.7 Å². The lowest BCUT2D eigenvalue weighted by molar-refractivity contribution is 0.0925. The fourth-order valence-corrected chi connectivity index (χ4v) is 4.70. The number of carbonyl (C=O) groups excluding carboxylic acids is 3. The molecule has 0 atom stereocenters. The van der Waals surface area contributed by atoms with Crippen molar-refractivity contribution < 1.29 is 14.4 Å². The van der Waals surface area contributed by atoms with E-state index in [1.54, 1.807) is 29.5 Å². The van der Waals surface area contributed by atoms with Gasteiger partial charge in [-0.15, -0.1) is 11.3 Å². The third kappa shape index (κ3) is 3.80. The van der Waals surface area contributed by atoms with E-state index in [1.807, 2.05) is 62.5 Å². The molecule has 0 unspecified atom stereocenters. The van der Waals surface area contributed by atoms with Crippen LogP contribution in [0.3, 0.4) is 0 Å². The minimum Gasteiger partial charge on any atom is -0.322 e. The topological polar surface area (TPSA) is 79.4 Å². The van der Waals surface area contributed by atoms with Crippen LogP contribution in [0.1, 0.15) is 47.2 Å². The Morgan fingerprint density at radius 3 is 2.29 bits per heavy atom. The molecule has 5 rings (SSSR count). The Bertz CT molecular complexity index is 1470. The molecule has 1 N–H and O–H groups in total. The first-order chi connectivity index (χ1) is 16.3. The van der Waals surface area contributed by atoms with Gasteiger partial charge in [0.1, 0.15) is 0 Å². The zero-order valence-electron chi connectivity index (χ0n) is 18.9. The quantitative estimate of drug-likeness (QED) is 0.386. The van der Waals surface area contributed by atoms with E-state index >= 15 is 0 Å². The highest BCUT2D eigenvalue weighted by Crippen LogP contribution is 2.32. The molecule has 1 aliphatic rings. The molecule has 34 heavy (non-hydrogen) atoms. The van der Waals surface area contributed by atoms with Gasteiger partial charge >= 0.3 is 0 Å². The van der Waals surface area contributed by atoms with E-state index in [2.05, 4.69) is 10.3 Å². The Labute approximate surface area is 200 Å². The number of aromatic nitrogens is 1. The smallest absolute Gasteiger partial charge is 0.266 e. The van der Waals surface area contributed by atoms with Crippen molar-refractivity contribution >= 4 is 40.4 Å². The summed E-state index contributed by atoms with van der Waals surface area (Å²) in [6.45, 7) is 5.78. The molecule has 0 bridgehead atoms. The number of hydrogen-bond donors (Lipinski definition) is 1. The summed E-state index contributed by atoms with van der Waals surface area (Å²) in [5, 5.41) is 5.84. The largest absolute Gasteiger partial charge is 0.322 e. The summed E-state index contributed by atoms with van der Waals surface area (Å²) in [6, 6.07) is 17.6. The van der Waals surface area contributed by atoms with Crippen molar-refractivity contribution in [3.05, 3.63) is 98.9 Å². The molecular formula is C27H21N3O3S. The van der Waals surface area contributed by atoms with Crippen LogP contribution in [0.2, 0.25) is 0 Å². The van der Waals surface area contributed by atoms with Crippen LogP contribution in [0.4, 0.5) is 11.4 Å². The van der Waals surface area contributed by atoms with E-state index < -0.39 is 5.91 Å². The van der Waals surface area contributed by atoms with E-state index in [-0.39, 0.29) is 17.4 Å². The van der Waals surface area contributed by atoms with Crippen molar-refractivity contribution in [1.29, 1.82) is 0 Å². The first-order valence-electron chi connectivity index (χ1n) is 10.8. The number of thiazole rings is 1.